The smallest absolute Gasteiger partial charge is 0.316 e. The van der Waals surface area contributed by atoms with Crippen LogP contribution in [0.4, 0.5) is 16.2 Å². The van der Waals surface area contributed by atoms with E-state index in [1.807, 2.05) is 31.2 Å². The third-order valence-corrected chi connectivity index (χ3v) is 3.44. The molecule has 0 saturated heterocycles. The second-order valence-corrected chi connectivity index (χ2v) is 5.08. The van der Waals surface area contributed by atoms with Gasteiger partial charge in [-0.1, -0.05) is 24.3 Å². The number of amides is 3. The van der Waals surface area contributed by atoms with Crippen LogP contribution in [0.1, 0.15) is 16.1 Å². The summed E-state index contributed by atoms with van der Waals surface area (Å²) in [5.41, 5.74) is 7.55. The van der Waals surface area contributed by atoms with Crippen molar-refractivity contribution in [3.63, 3.8) is 0 Å². The van der Waals surface area contributed by atoms with Crippen molar-refractivity contribution in [3.05, 3.63) is 59.9 Å². The molecule has 3 aromatic rings. The quantitative estimate of drug-likeness (QED) is 0.690. The number of fused-ring (bicyclic) bond motifs is 1. The van der Waals surface area contributed by atoms with Crippen LogP contribution >= 0.6 is 0 Å². The number of nitrogens with one attached hydrogen (secondary N) is 2. The number of hydrogen-bond acceptors (Lipinski definition) is 3. The van der Waals surface area contributed by atoms with Crippen molar-refractivity contribution in [1.82, 2.24) is 0 Å². The Hall–Kier alpha value is -3.28. The summed E-state index contributed by atoms with van der Waals surface area (Å²) in [5, 5.41) is 6.11. The first-order valence-corrected chi connectivity index (χ1v) is 7.00. The molecule has 6 nitrogen and oxygen atoms in total. The lowest BCUT2D eigenvalue weighted by atomic mass is 10.1. The van der Waals surface area contributed by atoms with E-state index in [-0.39, 0.29) is 11.7 Å². The summed E-state index contributed by atoms with van der Waals surface area (Å²) in [6.07, 6.45) is 0. The molecule has 0 fully saturated rings. The molecule has 116 valence electrons. The normalized spacial score (nSPS) is 10.5. The molecule has 0 atom stereocenters. The first kappa shape index (κ1) is 14.6. The van der Waals surface area contributed by atoms with Crippen LogP contribution < -0.4 is 16.4 Å². The van der Waals surface area contributed by atoms with Crippen molar-refractivity contribution in [1.29, 1.82) is 0 Å². The van der Waals surface area contributed by atoms with E-state index >= 15 is 0 Å². The highest BCUT2D eigenvalue weighted by atomic mass is 16.3. The van der Waals surface area contributed by atoms with E-state index in [2.05, 4.69) is 10.6 Å². The predicted molar refractivity (Wildman–Crippen MR) is 88.6 cm³/mol. The second-order valence-electron chi connectivity index (χ2n) is 5.08. The fourth-order valence-electron chi connectivity index (χ4n) is 2.40. The largest absolute Gasteiger partial charge is 0.451 e. The lowest BCUT2D eigenvalue weighted by Gasteiger charge is -2.07. The van der Waals surface area contributed by atoms with Gasteiger partial charge in [0.2, 0.25) is 0 Å². The molecule has 3 rings (SSSR count). The zero-order valence-corrected chi connectivity index (χ0v) is 12.4. The number of nitrogens with two attached hydrogens (primary N) is 1. The first-order valence-electron chi connectivity index (χ1n) is 7.00. The molecule has 0 aliphatic rings. The van der Waals surface area contributed by atoms with Crippen molar-refractivity contribution >= 4 is 34.3 Å². The Labute approximate surface area is 132 Å². The molecular weight excluding hydrogens is 294 g/mol. The fourth-order valence-corrected chi connectivity index (χ4v) is 2.40. The Morgan fingerprint density at radius 2 is 1.70 bits per heavy atom. The van der Waals surface area contributed by atoms with Crippen LogP contribution in [0.25, 0.3) is 11.0 Å². The van der Waals surface area contributed by atoms with E-state index in [4.69, 9.17) is 10.2 Å². The van der Waals surface area contributed by atoms with Crippen molar-refractivity contribution < 1.29 is 14.0 Å². The SMILES string of the molecule is Cc1c(C(=O)Nc2cccc(NC(N)=O)c2)oc2ccccc12. The average molecular weight is 309 g/mol. The number of para-hydroxylation sites is 1. The number of furan rings is 1. The highest BCUT2D eigenvalue weighted by Crippen LogP contribution is 2.26. The summed E-state index contributed by atoms with van der Waals surface area (Å²) in [6, 6.07) is 13.5. The van der Waals surface area contributed by atoms with Crippen LogP contribution in [-0.2, 0) is 0 Å². The summed E-state index contributed by atoms with van der Waals surface area (Å²) in [4.78, 5) is 23.3. The first-order chi connectivity index (χ1) is 11.0. The number of urea groups is 1. The van der Waals surface area contributed by atoms with Gasteiger partial charge in [0, 0.05) is 22.3 Å². The summed E-state index contributed by atoms with van der Waals surface area (Å²) in [6.45, 7) is 1.84. The number of primary amides is 1. The molecule has 1 heterocycles. The zero-order chi connectivity index (χ0) is 16.4. The van der Waals surface area contributed by atoms with Crippen molar-refractivity contribution in [2.45, 2.75) is 6.92 Å². The Balaban J connectivity index is 1.86. The number of aryl methyl sites for hydroxylation is 1. The molecule has 0 aliphatic carbocycles. The highest BCUT2D eigenvalue weighted by Gasteiger charge is 2.17. The van der Waals surface area contributed by atoms with Gasteiger partial charge in [-0.3, -0.25) is 4.79 Å². The minimum atomic E-state index is -0.665. The second kappa shape index (κ2) is 5.84. The van der Waals surface area contributed by atoms with Gasteiger partial charge in [0.05, 0.1) is 0 Å². The van der Waals surface area contributed by atoms with Crippen LogP contribution in [0.2, 0.25) is 0 Å². The number of carbonyl (C=O) groups excluding carboxylic acids is 2. The molecule has 0 unspecified atom stereocenters. The highest BCUT2D eigenvalue weighted by molar-refractivity contribution is 6.06. The Bertz CT molecular complexity index is 899. The van der Waals surface area contributed by atoms with Gasteiger partial charge in [0.15, 0.2) is 5.76 Å². The molecule has 0 radical (unpaired) electrons. The maximum absolute atomic E-state index is 12.4. The standard InChI is InChI=1S/C17H15N3O3/c1-10-13-7-2-3-8-14(13)23-15(10)16(21)19-11-5-4-6-12(9-11)20-17(18)22/h2-9H,1H3,(H,19,21)(H3,18,20,22). The average Bonchev–Trinajstić information content (AvgIpc) is 2.85. The van der Waals surface area contributed by atoms with Gasteiger partial charge in [0.25, 0.3) is 5.91 Å². The van der Waals surface area contributed by atoms with E-state index in [9.17, 15) is 9.59 Å². The monoisotopic (exact) mass is 309 g/mol. The minimum Gasteiger partial charge on any atom is -0.451 e. The van der Waals surface area contributed by atoms with Gasteiger partial charge < -0.3 is 20.8 Å². The predicted octanol–water partition coefficient (Wildman–Crippen LogP) is 3.48. The number of hydrogen-bond donors (Lipinski definition) is 3. The molecule has 3 amide bonds. The Morgan fingerprint density at radius 1 is 1.00 bits per heavy atom. The molecule has 1 aromatic heterocycles. The molecule has 6 heteroatoms. The van der Waals surface area contributed by atoms with E-state index in [1.165, 1.54) is 0 Å². The van der Waals surface area contributed by atoms with Crippen LogP contribution in [-0.4, -0.2) is 11.9 Å². The maximum atomic E-state index is 12.4. The van der Waals surface area contributed by atoms with Crippen molar-refractivity contribution in [2.75, 3.05) is 10.6 Å². The lowest BCUT2D eigenvalue weighted by Crippen LogP contribution is -2.19. The van der Waals surface area contributed by atoms with E-state index < -0.39 is 6.03 Å². The number of benzene rings is 2. The van der Waals surface area contributed by atoms with Crippen LogP contribution in [0, 0.1) is 6.92 Å². The summed E-state index contributed by atoms with van der Waals surface area (Å²) in [7, 11) is 0. The van der Waals surface area contributed by atoms with Gasteiger partial charge in [-0.05, 0) is 31.2 Å². The Morgan fingerprint density at radius 3 is 2.39 bits per heavy atom. The van der Waals surface area contributed by atoms with Gasteiger partial charge in [-0.25, -0.2) is 4.79 Å². The summed E-state index contributed by atoms with van der Waals surface area (Å²) < 4.78 is 5.63. The van der Waals surface area contributed by atoms with Gasteiger partial charge >= 0.3 is 6.03 Å². The van der Waals surface area contributed by atoms with Crippen LogP contribution in [0.15, 0.2) is 52.9 Å². The number of carbonyl (C=O) groups is 2. The summed E-state index contributed by atoms with van der Waals surface area (Å²) in [5.74, 6) is -0.0885. The van der Waals surface area contributed by atoms with E-state index in [0.717, 1.165) is 10.9 Å². The molecular formula is C17H15N3O3. The third-order valence-electron chi connectivity index (χ3n) is 3.44. The number of rotatable bonds is 3. The summed E-state index contributed by atoms with van der Waals surface area (Å²) >= 11 is 0. The van der Waals surface area contributed by atoms with Crippen LogP contribution in [0.5, 0.6) is 0 Å². The zero-order valence-electron chi connectivity index (χ0n) is 12.4. The minimum absolute atomic E-state index is 0.263. The van der Waals surface area contributed by atoms with Crippen molar-refractivity contribution in [2.24, 2.45) is 5.73 Å². The topological polar surface area (TPSA) is 97.4 Å². The molecule has 23 heavy (non-hydrogen) atoms. The van der Waals surface area contributed by atoms with Crippen molar-refractivity contribution in [3.8, 4) is 0 Å². The number of anilines is 2. The lowest BCUT2D eigenvalue weighted by molar-refractivity contribution is 0.0998. The molecule has 0 bridgehead atoms. The molecule has 0 saturated carbocycles. The van der Waals surface area contributed by atoms with E-state index in [0.29, 0.717) is 17.0 Å². The molecule has 4 N–H and O–H groups in total. The van der Waals surface area contributed by atoms with Crippen LogP contribution in [0.3, 0.4) is 0 Å². The van der Waals surface area contributed by atoms with Gasteiger partial charge in [-0.2, -0.15) is 0 Å². The van der Waals surface area contributed by atoms with Gasteiger partial charge in [-0.15, -0.1) is 0 Å². The Kier molecular flexibility index (Phi) is 3.72. The van der Waals surface area contributed by atoms with E-state index in [1.54, 1.807) is 24.3 Å². The fraction of sp³-hybridized carbons (Fsp3) is 0.0588. The van der Waals surface area contributed by atoms with Gasteiger partial charge in [0.1, 0.15) is 5.58 Å². The maximum Gasteiger partial charge on any atom is 0.316 e. The molecule has 0 spiro atoms. The third kappa shape index (κ3) is 3.01. The molecule has 2 aromatic carbocycles. The molecule has 0 aliphatic heterocycles.